The Morgan fingerprint density at radius 3 is 2.97 bits per heavy atom. The maximum absolute atomic E-state index is 13.1. The molecule has 1 saturated heterocycles. The molecule has 1 aliphatic rings. The van der Waals surface area contributed by atoms with E-state index in [1.807, 2.05) is 29.2 Å². The second-order valence-electron chi connectivity index (χ2n) is 8.22. The van der Waals surface area contributed by atoms with Crippen LogP contribution in [-0.2, 0) is 0 Å². The molecule has 8 nitrogen and oxygen atoms in total. The summed E-state index contributed by atoms with van der Waals surface area (Å²) in [7, 11) is 0. The standard InChI is InChI=1S/C25H24N6O2S2/c1-2-12-34-24-19(4-3-9-26-24)25(33)31-10-7-16(8-11-31)23-29-21(15-35-23)22(32)28-18-6-5-17-14-27-30-20(17)13-18/h2-6,9,13-16H,1,7-8,10-12H2,(H,27,30)(H,28,32). The third kappa shape index (κ3) is 5.13. The van der Waals surface area contributed by atoms with E-state index in [-0.39, 0.29) is 17.7 Å². The number of carbonyl (C=O) groups excluding carboxylic acids is 2. The lowest BCUT2D eigenvalue weighted by molar-refractivity contribution is 0.0708. The number of amides is 2. The molecule has 1 aromatic carbocycles. The van der Waals surface area contributed by atoms with Crippen molar-refractivity contribution >= 4 is 51.5 Å². The Morgan fingerprint density at radius 2 is 2.14 bits per heavy atom. The van der Waals surface area contributed by atoms with Gasteiger partial charge in [-0.2, -0.15) is 5.10 Å². The number of aromatic amines is 1. The number of H-pyrrole nitrogens is 1. The number of nitrogens with one attached hydrogen (secondary N) is 2. The minimum Gasteiger partial charge on any atom is -0.339 e. The topological polar surface area (TPSA) is 104 Å². The molecular formula is C25H24N6O2S2. The number of thiazole rings is 1. The van der Waals surface area contributed by atoms with Crippen LogP contribution in [0.4, 0.5) is 5.69 Å². The first-order valence-corrected chi connectivity index (χ1v) is 13.2. The average Bonchev–Trinajstić information content (AvgIpc) is 3.57. The monoisotopic (exact) mass is 504 g/mol. The number of hydrogen-bond acceptors (Lipinski definition) is 7. The van der Waals surface area contributed by atoms with Gasteiger partial charge in [-0.1, -0.05) is 6.08 Å². The van der Waals surface area contributed by atoms with Gasteiger partial charge in [-0.15, -0.1) is 29.7 Å². The Balaban J connectivity index is 1.20. The summed E-state index contributed by atoms with van der Waals surface area (Å²) < 4.78 is 0. The molecule has 5 rings (SSSR count). The predicted molar refractivity (Wildman–Crippen MR) is 139 cm³/mol. The number of rotatable bonds is 7. The van der Waals surface area contributed by atoms with Crippen molar-refractivity contribution in [2.24, 2.45) is 0 Å². The van der Waals surface area contributed by atoms with E-state index < -0.39 is 0 Å². The number of benzene rings is 1. The number of fused-ring (bicyclic) bond motifs is 1. The Kier molecular flexibility index (Phi) is 6.91. The first-order chi connectivity index (χ1) is 17.1. The molecule has 0 atom stereocenters. The second kappa shape index (κ2) is 10.4. The van der Waals surface area contributed by atoms with Crippen LogP contribution < -0.4 is 5.32 Å². The predicted octanol–water partition coefficient (Wildman–Crippen LogP) is 4.96. The van der Waals surface area contributed by atoms with E-state index in [4.69, 9.17) is 0 Å². The molecule has 0 spiro atoms. The van der Waals surface area contributed by atoms with Crippen LogP contribution in [0.5, 0.6) is 0 Å². The summed E-state index contributed by atoms with van der Waals surface area (Å²) in [5.74, 6) is 0.712. The Labute approximate surface area is 210 Å². The van der Waals surface area contributed by atoms with Gasteiger partial charge in [-0.05, 0) is 43.2 Å². The second-order valence-corrected chi connectivity index (χ2v) is 10.1. The van der Waals surface area contributed by atoms with Gasteiger partial charge in [-0.3, -0.25) is 14.7 Å². The lowest BCUT2D eigenvalue weighted by atomic mass is 9.97. The fourth-order valence-electron chi connectivity index (χ4n) is 4.10. The highest BCUT2D eigenvalue weighted by Gasteiger charge is 2.28. The van der Waals surface area contributed by atoms with E-state index in [2.05, 4.69) is 32.1 Å². The lowest BCUT2D eigenvalue weighted by Crippen LogP contribution is -2.38. The van der Waals surface area contributed by atoms with Crippen molar-refractivity contribution in [1.82, 2.24) is 25.1 Å². The zero-order chi connectivity index (χ0) is 24.2. The number of hydrogen-bond donors (Lipinski definition) is 2. The molecule has 2 amide bonds. The summed E-state index contributed by atoms with van der Waals surface area (Å²) in [5.41, 5.74) is 2.60. The molecule has 3 aromatic heterocycles. The van der Waals surface area contributed by atoms with Crippen LogP contribution in [0.2, 0.25) is 0 Å². The lowest BCUT2D eigenvalue weighted by Gasteiger charge is -2.31. The minimum absolute atomic E-state index is 0.0107. The zero-order valence-electron chi connectivity index (χ0n) is 18.9. The number of likely N-dealkylation sites (tertiary alicyclic amines) is 1. The minimum atomic E-state index is -0.236. The molecular weight excluding hydrogens is 480 g/mol. The molecule has 0 radical (unpaired) electrons. The van der Waals surface area contributed by atoms with Gasteiger partial charge in [0.15, 0.2) is 0 Å². The molecule has 0 bridgehead atoms. The average molecular weight is 505 g/mol. The van der Waals surface area contributed by atoms with E-state index in [0.29, 0.717) is 35.8 Å². The van der Waals surface area contributed by atoms with Crippen LogP contribution in [0, 0.1) is 0 Å². The van der Waals surface area contributed by atoms with Gasteiger partial charge in [0.2, 0.25) is 0 Å². The van der Waals surface area contributed by atoms with Crippen LogP contribution >= 0.6 is 23.1 Å². The highest BCUT2D eigenvalue weighted by atomic mass is 32.2. The number of pyridine rings is 1. The van der Waals surface area contributed by atoms with E-state index in [1.54, 1.807) is 29.9 Å². The number of aromatic nitrogens is 4. The maximum atomic E-state index is 13.1. The summed E-state index contributed by atoms with van der Waals surface area (Å²) in [5, 5.41) is 14.3. The third-order valence-electron chi connectivity index (χ3n) is 5.93. The van der Waals surface area contributed by atoms with Gasteiger partial charge in [0.25, 0.3) is 11.8 Å². The molecule has 0 saturated carbocycles. The van der Waals surface area contributed by atoms with Crippen LogP contribution in [0.15, 0.2) is 65.8 Å². The summed E-state index contributed by atoms with van der Waals surface area (Å²) >= 11 is 3.02. The van der Waals surface area contributed by atoms with Crippen molar-refractivity contribution in [3.05, 3.63) is 77.0 Å². The molecule has 4 heterocycles. The SMILES string of the molecule is C=CCSc1ncccc1C(=O)N1CCC(c2nc(C(=O)Nc3ccc4cn[nH]c4c3)cs2)CC1. The largest absolute Gasteiger partial charge is 0.339 e. The fourth-order valence-corrected chi connectivity index (χ4v) is 5.79. The van der Waals surface area contributed by atoms with E-state index in [9.17, 15) is 9.59 Å². The van der Waals surface area contributed by atoms with Gasteiger partial charge >= 0.3 is 0 Å². The first kappa shape index (κ1) is 23.3. The highest BCUT2D eigenvalue weighted by Crippen LogP contribution is 2.32. The molecule has 4 aromatic rings. The van der Waals surface area contributed by atoms with Gasteiger partial charge in [0.1, 0.15) is 10.7 Å². The van der Waals surface area contributed by atoms with Crippen molar-refractivity contribution in [3.63, 3.8) is 0 Å². The number of thioether (sulfide) groups is 1. The molecule has 178 valence electrons. The van der Waals surface area contributed by atoms with Crippen molar-refractivity contribution in [1.29, 1.82) is 0 Å². The van der Waals surface area contributed by atoms with E-state index >= 15 is 0 Å². The molecule has 35 heavy (non-hydrogen) atoms. The van der Waals surface area contributed by atoms with Gasteiger partial charge in [-0.25, -0.2) is 9.97 Å². The zero-order valence-corrected chi connectivity index (χ0v) is 20.6. The maximum Gasteiger partial charge on any atom is 0.275 e. The molecule has 10 heteroatoms. The quantitative estimate of drug-likeness (QED) is 0.272. The highest BCUT2D eigenvalue weighted by molar-refractivity contribution is 7.99. The van der Waals surface area contributed by atoms with Crippen LogP contribution in [-0.4, -0.2) is 55.7 Å². The number of piperidine rings is 1. The number of nitrogens with zero attached hydrogens (tertiary/aromatic N) is 4. The van der Waals surface area contributed by atoms with E-state index in [1.165, 1.54) is 23.1 Å². The van der Waals surface area contributed by atoms with Crippen molar-refractivity contribution in [2.75, 3.05) is 24.2 Å². The van der Waals surface area contributed by atoms with Gasteiger partial charge in [0.05, 0.1) is 22.3 Å². The van der Waals surface area contributed by atoms with Crippen LogP contribution in [0.3, 0.4) is 0 Å². The third-order valence-corrected chi connectivity index (χ3v) is 7.93. The molecule has 2 N–H and O–H groups in total. The summed E-state index contributed by atoms with van der Waals surface area (Å²) in [6, 6.07) is 9.24. The summed E-state index contributed by atoms with van der Waals surface area (Å²) in [4.78, 5) is 36.7. The van der Waals surface area contributed by atoms with E-state index in [0.717, 1.165) is 33.8 Å². The Bertz CT molecular complexity index is 1370. The van der Waals surface area contributed by atoms with Gasteiger partial charge < -0.3 is 10.2 Å². The number of anilines is 1. The Hall–Kier alpha value is -3.50. The van der Waals surface area contributed by atoms with Gasteiger partial charge in [0, 0.05) is 47.4 Å². The van der Waals surface area contributed by atoms with Crippen molar-refractivity contribution < 1.29 is 9.59 Å². The first-order valence-electron chi connectivity index (χ1n) is 11.3. The Morgan fingerprint density at radius 1 is 1.29 bits per heavy atom. The molecule has 1 aliphatic heterocycles. The number of carbonyl (C=O) groups is 2. The van der Waals surface area contributed by atoms with Crippen LogP contribution in [0.1, 0.15) is 44.6 Å². The molecule has 0 aliphatic carbocycles. The van der Waals surface area contributed by atoms with Crippen molar-refractivity contribution in [3.8, 4) is 0 Å². The van der Waals surface area contributed by atoms with Crippen LogP contribution in [0.25, 0.3) is 10.9 Å². The fraction of sp³-hybridized carbons (Fsp3) is 0.240. The molecule has 0 unspecified atom stereocenters. The summed E-state index contributed by atoms with van der Waals surface area (Å²) in [6.45, 7) is 5.04. The summed E-state index contributed by atoms with van der Waals surface area (Å²) in [6.07, 6.45) is 6.88. The molecule has 1 fully saturated rings. The smallest absolute Gasteiger partial charge is 0.275 e. The normalized spacial score (nSPS) is 14.2. The van der Waals surface area contributed by atoms with Crippen molar-refractivity contribution in [2.45, 2.75) is 23.8 Å².